The van der Waals surface area contributed by atoms with E-state index in [-0.39, 0.29) is 11.9 Å². The standard InChI is InChI=1S/C15H18N2OS/c1-3-12(2)17(10-13-5-4-7-16-9-13)15(18)14-6-8-19-11-14/h4-9,11-12H,3,10H2,1-2H3. The van der Waals surface area contributed by atoms with Gasteiger partial charge in [0.15, 0.2) is 0 Å². The maximum Gasteiger partial charge on any atom is 0.255 e. The number of thiophene rings is 1. The van der Waals surface area contributed by atoms with Crippen LogP contribution in [-0.2, 0) is 6.54 Å². The molecule has 2 rings (SSSR count). The van der Waals surface area contributed by atoms with Crippen molar-refractivity contribution in [2.24, 2.45) is 0 Å². The van der Waals surface area contributed by atoms with Crippen LogP contribution in [0.25, 0.3) is 0 Å². The van der Waals surface area contributed by atoms with E-state index in [1.165, 1.54) is 0 Å². The molecule has 2 aromatic rings. The topological polar surface area (TPSA) is 33.2 Å². The summed E-state index contributed by atoms with van der Waals surface area (Å²) in [7, 11) is 0. The smallest absolute Gasteiger partial charge is 0.255 e. The molecule has 0 aliphatic rings. The fourth-order valence-electron chi connectivity index (χ4n) is 1.89. The molecule has 0 spiro atoms. The maximum absolute atomic E-state index is 12.5. The second-order valence-corrected chi connectivity index (χ2v) is 5.34. The van der Waals surface area contributed by atoms with Gasteiger partial charge >= 0.3 is 0 Å². The van der Waals surface area contributed by atoms with Crippen LogP contribution in [0.1, 0.15) is 36.2 Å². The number of carbonyl (C=O) groups is 1. The summed E-state index contributed by atoms with van der Waals surface area (Å²) in [6.07, 6.45) is 4.50. The number of amides is 1. The molecule has 4 heteroatoms. The van der Waals surface area contributed by atoms with Crippen molar-refractivity contribution in [1.82, 2.24) is 9.88 Å². The Bertz CT molecular complexity index is 510. The average Bonchev–Trinajstić information content (AvgIpc) is 2.98. The highest BCUT2D eigenvalue weighted by atomic mass is 32.1. The van der Waals surface area contributed by atoms with Crippen LogP contribution in [0, 0.1) is 0 Å². The van der Waals surface area contributed by atoms with E-state index in [2.05, 4.69) is 18.8 Å². The molecule has 1 unspecified atom stereocenters. The first kappa shape index (κ1) is 13.7. The third-order valence-corrected chi connectivity index (χ3v) is 3.91. The predicted octanol–water partition coefficient (Wildman–Crippen LogP) is 3.58. The minimum atomic E-state index is 0.0967. The Morgan fingerprint density at radius 3 is 2.89 bits per heavy atom. The van der Waals surface area contributed by atoms with Gasteiger partial charge in [0.2, 0.25) is 0 Å². The zero-order chi connectivity index (χ0) is 13.7. The van der Waals surface area contributed by atoms with Gasteiger partial charge in [0.25, 0.3) is 5.91 Å². The van der Waals surface area contributed by atoms with Crippen molar-refractivity contribution in [3.8, 4) is 0 Å². The van der Waals surface area contributed by atoms with Gasteiger partial charge in [-0.1, -0.05) is 13.0 Å². The van der Waals surface area contributed by atoms with Crippen LogP contribution >= 0.6 is 11.3 Å². The SMILES string of the molecule is CCC(C)N(Cc1cccnc1)C(=O)c1ccsc1. The van der Waals surface area contributed by atoms with E-state index in [0.717, 1.165) is 17.5 Å². The van der Waals surface area contributed by atoms with Gasteiger partial charge < -0.3 is 4.90 Å². The summed E-state index contributed by atoms with van der Waals surface area (Å²) in [5, 5.41) is 3.84. The van der Waals surface area contributed by atoms with Crippen LogP contribution in [0.3, 0.4) is 0 Å². The Kier molecular flexibility index (Phi) is 4.68. The van der Waals surface area contributed by atoms with E-state index >= 15 is 0 Å². The number of hydrogen-bond donors (Lipinski definition) is 0. The fraction of sp³-hybridized carbons (Fsp3) is 0.333. The van der Waals surface area contributed by atoms with Crippen molar-refractivity contribution in [3.63, 3.8) is 0 Å². The third kappa shape index (κ3) is 3.41. The molecule has 2 heterocycles. The lowest BCUT2D eigenvalue weighted by Gasteiger charge is -2.28. The highest BCUT2D eigenvalue weighted by Crippen LogP contribution is 2.16. The van der Waals surface area contributed by atoms with E-state index in [0.29, 0.717) is 6.54 Å². The normalized spacial score (nSPS) is 12.1. The summed E-state index contributed by atoms with van der Waals surface area (Å²) in [5.41, 5.74) is 1.83. The molecule has 0 bridgehead atoms. The molecule has 0 saturated carbocycles. The molecule has 0 N–H and O–H groups in total. The zero-order valence-corrected chi connectivity index (χ0v) is 12.1. The number of carbonyl (C=O) groups excluding carboxylic acids is 1. The summed E-state index contributed by atoms with van der Waals surface area (Å²) in [4.78, 5) is 18.5. The molecule has 1 amide bonds. The molecule has 0 radical (unpaired) electrons. The Hall–Kier alpha value is -1.68. The molecule has 100 valence electrons. The lowest BCUT2D eigenvalue weighted by molar-refractivity contribution is 0.0672. The van der Waals surface area contributed by atoms with Crippen LogP contribution in [0.2, 0.25) is 0 Å². The Labute approximate surface area is 117 Å². The quantitative estimate of drug-likeness (QED) is 0.835. The van der Waals surface area contributed by atoms with Gasteiger partial charge in [0, 0.05) is 30.4 Å². The molecule has 0 aromatic carbocycles. The third-order valence-electron chi connectivity index (χ3n) is 3.23. The Morgan fingerprint density at radius 2 is 2.32 bits per heavy atom. The summed E-state index contributed by atoms with van der Waals surface area (Å²) in [6, 6.07) is 6.00. The summed E-state index contributed by atoms with van der Waals surface area (Å²) < 4.78 is 0. The number of hydrogen-bond acceptors (Lipinski definition) is 3. The lowest BCUT2D eigenvalue weighted by atomic mass is 10.1. The van der Waals surface area contributed by atoms with E-state index in [4.69, 9.17) is 0 Å². The molecule has 2 aromatic heterocycles. The van der Waals surface area contributed by atoms with Crippen molar-refractivity contribution in [2.75, 3.05) is 0 Å². The first-order valence-electron chi connectivity index (χ1n) is 6.44. The van der Waals surface area contributed by atoms with Crippen molar-refractivity contribution in [2.45, 2.75) is 32.9 Å². The van der Waals surface area contributed by atoms with Gasteiger partial charge in [-0.25, -0.2) is 0 Å². The van der Waals surface area contributed by atoms with Crippen LogP contribution in [0.4, 0.5) is 0 Å². The minimum absolute atomic E-state index is 0.0967. The highest BCUT2D eigenvalue weighted by molar-refractivity contribution is 7.08. The zero-order valence-electron chi connectivity index (χ0n) is 11.2. The van der Waals surface area contributed by atoms with Crippen LogP contribution in [0.5, 0.6) is 0 Å². The van der Waals surface area contributed by atoms with E-state index < -0.39 is 0 Å². The van der Waals surface area contributed by atoms with Crippen LogP contribution in [0.15, 0.2) is 41.4 Å². The first-order chi connectivity index (χ1) is 9.22. The summed E-state index contributed by atoms with van der Waals surface area (Å²) >= 11 is 1.55. The average molecular weight is 274 g/mol. The molecular weight excluding hydrogens is 256 g/mol. The van der Waals surface area contributed by atoms with Crippen molar-refractivity contribution in [1.29, 1.82) is 0 Å². The molecule has 3 nitrogen and oxygen atoms in total. The largest absolute Gasteiger partial charge is 0.332 e. The van der Waals surface area contributed by atoms with E-state index in [1.807, 2.05) is 40.1 Å². The van der Waals surface area contributed by atoms with Gasteiger partial charge in [0.1, 0.15) is 0 Å². The first-order valence-corrected chi connectivity index (χ1v) is 7.38. The Balaban J connectivity index is 2.19. The van der Waals surface area contributed by atoms with Crippen molar-refractivity contribution in [3.05, 3.63) is 52.5 Å². The van der Waals surface area contributed by atoms with Gasteiger partial charge in [-0.2, -0.15) is 11.3 Å². The van der Waals surface area contributed by atoms with Gasteiger partial charge in [0.05, 0.1) is 5.56 Å². The van der Waals surface area contributed by atoms with E-state index in [1.54, 1.807) is 17.5 Å². The second kappa shape index (κ2) is 6.48. The van der Waals surface area contributed by atoms with E-state index in [9.17, 15) is 4.79 Å². The number of nitrogens with zero attached hydrogens (tertiary/aromatic N) is 2. The molecule has 0 saturated heterocycles. The molecule has 0 aliphatic carbocycles. The lowest BCUT2D eigenvalue weighted by Crippen LogP contribution is -2.37. The summed E-state index contributed by atoms with van der Waals surface area (Å²) in [6.45, 7) is 4.79. The summed E-state index contributed by atoms with van der Waals surface area (Å²) in [5.74, 6) is 0.0967. The monoisotopic (exact) mass is 274 g/mol. The number of rotatable bonds is 5. The maximum atomic E-state index is 12.5. The number of aromatic nitrogens is 1. The second-order valence-electron chi connectivity index (χ2n) is 4.56. The van der Waals surface area contributed by atoms with Gasteiger partial charge in [-0.05, 0) is 36.4 Å². The fourth-order valence-corrected chi connectivity index (χ4v) is 2.52. The predicted molar refractivity (Wildman–Crippen MR) is 78.2 cm³/mol. The van der Waals surface area contributed by atoms with Crippen molar-refractivity contribution < 1.29 is 4.79 Å². The minimum Gasteiger partial charge on any atom is -0.332 e. The number of pyridine rings is 1. The molecule has 0 fully saturated rings. The Morgan fingerprint density at radius 1 is 1.47 bits per heavy atom. The van der Waals surface area contributed by atoms with Gasteiger partial charge in [-0.15, -0.1) is 0 Å². The highest BCUT2D eigenvalue weighted by Gasteiger charge is 2.20. The van der Waals surface area contributed by atoms with Gasteiger partial charge in [-0.3, -0.25) is 9.78 Å². The molecule has 0 aliphatic heterocycles. The van der Waals surface area contributed by atoms with Crippen molar-refractivity contribution >= 4 is 17.2 Å². The van der Waals surface area contributed by atoms with Crippen LogP contribution < -0.4 is 0 Å². The molecule has 1 atom stereocenters. The molecule has 19 heavy (non-hydrogen) atoms. The van der Waals surface area contributed by atoms with Crippen LogP contribution in [-0.4, -0.2) is 21.8 Å². The molecular formula is C15H18N2OS.